The van der Waals surface area contributed by atoms with E-state index in [1.165, 1.54) is 42.3 Å². The van der Waals surface area contributed by atoms with Crippen LogP contribution in [0.15, 0.2) is 42.5 Å². The Morgan fingerprint density at radius 2 is 1.95 bits per heavy atom. The molecule has 0 radical (unpaired) electrons. The molecule has 0 aromatic heterocycles. The molecule has 0 spiro atoms. The van der Waals surface area contributed by atoms with Gasteiger partial charge >= 0.3 is 5.69 Å². The first-order valence-electron chi connectivity index (χ1n) is 5.92. The lowest BCUT2D eigenvalue weighted by Crippen LogP contribution is -2.26. The predicted molar refractivity (Wildman–Crippen MR) is 78.9 cm³/mol. The van der Waals surface area contributed by atoms with Crippen LogP contribution in [0, 0.1) is 10.1 Å². The van der Waals surface area contributed by atoms with Crippen molar-refractivity contribution in [3.63, 3.8) is 0 Å². The summed E-state index contributed by atoms with van der Waals surface area (Å²) in [6, 6.07) is 10.2. The summed E-state index contributed by atoms with van der Waals surface area (Å²) in [6.07, 6.45) is 0. The molecule has 2 rings (SSSR count). The van der Waals surface area contributed by atoms with Crippen molar-refractivity contribution < 1.29 is 14.8 Å². The molecule has 0 bridgehead atoms. The summed E-state index contributed by atoms with van der Waals surface area (Å²) < 4.78 is 0. The van der Waals surface area contributed by atoms with Gasteiger partial charge in [0.1, 0.15) is 16.3 Å². The number of halogens is 1. The number of hydrogen-bond acceptors (Lipinski definition) is 4. The lowest BCUT2D eigenvalue weighted by molar-refractivity contribution is -0.385. The summed E-state index contributed by atoms with van der Waals surface area (Å²) in [7, 11) is 1.46. The lowest BCUT2D eigenvalue weighted by atomic mass is 10.1. The van der Waals surface area contributed by atoms with E-state index in [0.717, 1.165) is 0 Å². The largest absolute Gasteiger partial charge is 0.508 e. The van der Waals surface area contributed by atoms with Crippen LogP contribution in [-0.2, 0) is 0 Å². The number of nitrogens with zero attached hydrogens (tertiary/aromatic N) is 2. The molecular weight excluding hydrogens is 296 g/mol. The van der Waals surface area contributed by atoms with Gasteiger partial charge in [0, 0.05) is 18.8 Å². The average molecular weight is 307 g/mol. The minimum absolute atomic E-state index is 0.00672. The SMILES string of the molecule is CN(C(=O)c1cccc(Cl)c1[N+](=O)[O-])c1cccc(O)c1. The smallest absolute Gasteiger partial charge is 0.300 e. The summed E-state index contributed by atoms with van der Waals surface area (Å²) >= 11 is 5.79. The number of amides is 1. The maximum absolute atomic E-state index is 12.4. The number of anilines is 1. The molecular formula is C14H11ClN2O4. The van der Waals surface area contributed by atoms with E-state index < -0.39 is 16.5 Å². The van der Waals surface area contributed by atoms with E-state index in [1.54, 1.807) is 12.1 Å². The molecule has 2 aromatic carbocycles. The maximum atomic E-state index is 12.4. The number of nitro groups is 1. The second-order valence-electron chi connectivity index (χ2n) is 4.28. The number of aromatic hydroxyl groups is 1. The molecule has 0 saturated heterocycles. The number of benzene rings is 2. The fourth-order valence-electron chi connectivity index (χ4n) is 1.87. The molecule has 0 atom stereocenters. The van der Waals surface area contributed by atoms with Gasteiger partial charge in [-0.2, -0.15) is 0 Å². The van der Waals surface area contributed by atoms with Crippen molar-refractivity contribution in [1.82, 2.24) is 0 Å². The summed E-state index contributed by atoms with van der Waals surface area (Å²) in [6.45, 7) is 0. The molecule has 0 saturated carbocycles. The van der Waals surface area contributed by atoms with E-state index >= 15 is 0 Å². The first kappa shape index (κ1) is 14.8. The molecule has 0 aliphatic heterocycles. The van der Waals surface area contributed by atoms with Crippen LogP contribution < -0.4 is 4.90 Å². The standard InChI is InChI=1S/C14H11ClN2O4/c1-16(9-4-2-5-10(18)8-9)14(19)11-6-3-7-12(15)13(11)17(20)21/h2-8,18H,1H3. The zero-order chi connectivity index (χ0) is 15.6. The van der Waals surface area contributed by atoms with E-state index in [4.69, 9.17) is 11.6 Å². The van der Waals surface area contributed by atoms with Crippen LogP contribution in [0.25, 0.3) is 0 Å². The van der Waals surface area contributed by atoms with Gasteiger partial charge in [-0.3, -0.25) is 14.9 Å². The zero-order valence-electron chi connectivity index (χ0n) is 11.0. The molecule has 0 fully saturated rings. The first-order chi connectivity index (χ1) is 9.91. The monoisotopic (exact) mass is 306 g/mol. The van der Waals surface area contributed by atoms with Crippen LogP contribution in [0.4, 0.5) is 11.4 Å². The summed E-state index contributed by atoms with van der Waals surface area (Å²) in [5.74, 6) is -0.595. The Bertz CT molecular complexity index is 718. The van der Waals surface area contributed by atoms with Crippen molar-refractivity contribution in [2.75, 3.05) is 11.9 Å². The van der Waals surface area contributed by atoms with Crippen LogP contribution in [0.3, 0.4) is 0 Å². The van der Waals surface area contributed by atoms with Crippen LogP contribution in [-0.4, -0.2) is 23.0 Å². The molecule has 6 nitrogen and oxygen atoms in total. The number of phenolic OH excluding ortho intramolecular Hbond substituents is 1. The van der Waals surface area contributed by atoms with Gasteiger partial charge in [-0.1, -0.05) is 23.7 Å². The van der Waals surface area contributed by atoms with Crippen molar-refractivity contribution in [3.8, 4) is 5.75 Å². The molecule has 1 amide bonds. The third kappa shape index (κ3) is 2.95. The first-order valence-corrected chi connectivity index (χ1v) is 6.29. The maximum Gasteiger partial charge on any atom is 0.300 e. The number of carbonyl (C=O) groups is 1. The predicted octanol–water partition coefficient (Wildman–Crippen LogP) is 3.23. The fourth-order valence-corrected chi connectivity index (χ4v) is 2.12. The molecule has 21 heavy (non-hydrogen) atoms. The molecule has 0 aliphatic rings. The number of para-hydroxylation sites is 1. The summed E-state index contributed by atoms with van der Waals surface area (Å²) in [5, 5.41) is 20.4. The van der Waals surface area contributed by atoms with Gasteiger partial charge < -0.3 is 10.0 Å². The quantitative estimate of drug-likeness (QED) is 0.697. The highest BCUT2D eigenvalue weighted by Crippen LogP contribution is 2.30. The Hall–Kier alpha value is -2.60. The normalized spacial score (nSPS) is 10.2. The highest BCUT2D eigenvalue weighted by Gasteiger charge is 2.26. The van der Waals surface area contributed by atoms with Crippen LogP contribution in [0.2, 0.25) is 5.02 Å². The Kier molecular flexibility index (Phi) is 4.09. The van der Waals surface area contributed by atoms with Crippen LogP contribution in [0.1, 0.15) is 10.4 Å². The molecule has 2 aromatic rings. The molecule has 1 N–H and O–H groups in total. The van der Waals surface area contributed by atoms with E-state index in [9.17, 15) is 20.0 Å². The highest BCUT2D eigenvalue weighted by atomic mass is 35.5. The third-order valence-electron chi connectivity index (χ3n) is 2.92. The number of rotatable bonds is 3. The third-order valence-corrected chi connectivity index (χ3v) is 3.23. The Labute approximate surface area is 125 Å². The van der Waals surface area contributed by atoms with Crippen molar-refractivity contribution in [2.24, 2.45) is 0 Å². The average Bonchev–Trinajstić information content (AvgIpc) is 2.45. The summed E-state index contributed by atoms with van der Waals surface area (Å²) in [5.41, 5.74) is -0.135. The Balaban J connectivity index is 2.45. The van der Waals surface area contributed by atoms with Crippen LogP contribution in [0.5, 0.6) is 5.75 Å². The number of nitro benzene ring substituents is 1. The van der Waals surface area contributed by atoms with Gasteiger partial charge in [-0.05, 0) is 24.3 Å². The van der Waals surface area contributed by atoms with E-state index in [-0.39, 0.29) is 16.3 Å². The van der Waals surface area contributed by atoms with Gasteiger partial charge in [-0.25, -0.2) is 0 Å². The van der Waals surface area contributed by atoms with Crippen molar-refractivity contribution >= 4 is 28.9 Å². The minimum Gasteiger partial charge on any atom is -0.508 e. The fraction of sp³-hybridized carbons (Fsp3) is 0.0714. The molecule has 7 heteroatoms. The lowest BCUT2D eigenvalue weighted by Gasteiger charge is -2.17. The Morgan fingerprint density at radius 3 is 2.57 bits per heavy atom. The zero-order valence-corrected chi connectivity index (χ0v) is 11.7. The minimum atomic E-state index is -0.689. The second kappa shape index (κ2) is 5.80. The molecule has 0 aliphatic carbocycles. The van der Waals surface area contributed by atoms with E-state index in [1.807, 2.05) is 0 Å². The van der Waals surface area contributed by atoms with Gasteiger partial charge in [0.15, 0.2) is 0 Å². The van der Waals surface area contributed by atoms with Crippen LogP contribution >= 0.6 is 11.6 Å². The van der Waals surface area contributed by atoms with Gasteiger partial charge in [0.25, 0.3) is 5.91 Å². The molecule has 108 valence electrons. The van der Waals surface area contributed by atoms with E-state index in [0.29, 0.717) is 5.69 Å². The van der Waals surface area contributed by atoms with Crippen molar-refractivity contribution in [3.05, 3.63) is 63.2 Å². The number of hydrogen-bond donors (Lipinski definition) is 1. The van der Waals surface area contributed by atoms with E-state index in [2.05, 4.69) is 0 Å². The van der Waals surface area contributed by atoms with Crippen molar-refractivity contribution in [1.29, 1.82) is 0 Å². The highest BCUT2D eigenvalue weighted by molar-refractivity contribution is 6.33. The number of carbonyl (C=O) groups excluding carboxylic acids is 1. The van der Waals surface area contributed by atoms with Gasteiger partial charge in [0.2, 0.25) is 0 Å². The van der Waals surface area contributed by atoms with Gasteiger partial charge in [-0.15, -0.1) is 0 Å². The number of phenols is 1. The molecule has 0 heterocycles. The van der Waals surface area contributed by atoms with Crippen molar-refractivity contribution in [2.45, 2.75) is 0 Å². The topological polar surface area (TPSA) is 83.7 Å². The Morgan fingerprint density at radius 1 is 1.29 bits per heavy atom. The summed E-state index contributed by atoms with van der Waals surface area (Å²) in [4.78, 5) is 24.0. The molecule has 0 unspecified atom stereocenters. The van der Waals surface area contributed by atoms with Gasteiger partial charge in [0.05, 0.1) is 4.92 Å². The second-order valence-corrected chi connectivity index (χ2v) is 4.68.